The molecule has 0 atom stereocenters. The Morgan fingerprint density at radius 2 is 2.04 bits per heavy atom. The second-order valence-electron chi connectivity index (χ2n) is 6.40. The number of aromatic nitrogens is 1. The molecular formula is C19H19N3O4S. The van der Waals surface area contributed by atoms with Gasteiger partial charge in [-0.05, 0) is 37.6 Å². The Morgan fingerprint density at radius 3 is 2.74 bits per heavy atom. The highest BCUT2D eigenvalue weighted by atomic mass is 32.1. The lowest BCUT2D eigenvalue weighted by atomic mass is 10.1. The first-order chi connectivity index (χ1) is 13.0. The van der Waals surface area contributed by atoms with Gasteiger partial charge in [0.15, 0.2) is 5.76 Å². The molecule has 0 aromatic carbocycles. The summed E-state index contributed by atoms with van der Waals surface area (Å²) in [7, 11) is 0. The summed E-state index contributed by atoms with van der Waals surface area (Å²) in [6, 6.07) is 5.18. The van der Waals surface area contributed by atoms with Crippen molar-refractivity contribution in [3.63, 3.8) is 0 Å². The molecule has 0 saturated carbocycles. The third-order valence-electron chi connectivity index (χ3n) is 4.46. The standard InChI is InChI=1S/C19H19N3O4S/c1-11-10-12(2)20-18-14(11)15(21-17(23)13-4-3-7-26-13)16(27-18)19(24)22-5-8-25-9-6-22/h3-4,7,10H,5-6,8-9H2,1-2H3,(H,21,23). The summed E-state index contributed by atoms with van der Waals surface area (Å²) in [5.74, 6) is -0.319. The molecule has 4 rings (SSSR count). The van der Waals surface area contributed by atoms with Gasteiger partial charge in [-0.3, -0.25) is 9.59 Å². The van der Waals surface area contributed by atoms with Gasteiger partial charge in [0, 0.05) is 24.2 Å². The summed E-state index contributed by atoms with van der Waals surface area (Å²) in [6.07, 6.45) is 1.44. The van der Waals surface area contributed by atoms with Crippen LogP contribution in [0.2, 0.25) is 0 Å². The zero-order valence-corrected chi connectivity index (χ0v) is 15.9. The molecule has 140 valence electrons. The summed E-state index contributed by atoms with van der Waals surface area (Å²) < 4.78 is 10.5. The number of aryl methyl sites for hydroxylation is 2. The van der Waals surface area contributed by atoms with Crippen LogP contribution >= 0.6 is 11.3 Å². The highest BCUT2D eigenvalue weighted by Crippen LogP contribution is 2.38. The summed E-state index contributed by atoms with van der Waals surface area (Å²) in [6.45, 7) is 5.96. The number of ether oxygens (including phenoxy) is 1. The van der Waals surface area contributed by atoms with Crippen LogP contribution in [0.1, 0.15) is 31.5 Å². The number of furan rings is 1. The number of carbonyl (C=O) groups is 2. The molecule has 2 amide bonds. The van der Waals surface area contributed by atoms with Gasteiger partial charge in [-0.1, -0.05) is 0 Å². The van der Waals surface area contributed by atoms with E-state index in [0.717, 1.165) is 21.5 Å². The number of nitrogens with one attached hydrogen (secondary N) is 1. The van der Waals surface area contributed by atoms with Crippen LogP contribution in [0.4, 0.5) is 5.69 Å². The minimum absolute atomic E-state index is 0.118. The molecule has 4 heterocycles. The molecule has 0 radical (unpaired) electrons. The van der Waals surface area contributed by atoms with Crippen molar-refractivity contribution >= 4 is 39.1 Å². The van der Waals surface area contributed by atoms with Crippen LogP contribution in [-0.2, 0) is 4.74 Å². The van der Waals surface area contributed by atoms with Crippen molar-refractivity contribution in [3.8, 4) is 0 Å². The van der Waals surface area contributed by atoms with E-state index in [1.165, 1.54) is 17.6 Å². The minimum Gasteiger partial charge on any atom is -0.459 e. The fraction of sp³-hybridized carbons (Fsp3) is 0.316. The van der Waals surface area contributed by atoms with Gasteiger partial charge in [0.05, 0.1) is 25.2 Å². The molecule has 1 saturated heterocycles. The molecule has 27 heavy (non-hydrogen) atoms. The highest BCUT2D eigenvalue weighted by molar-refractivity contribution is 7.21. The van der Waals surface area contributed by atoms with E-state index < -0.39 is 5.91 Å². The SMILES string of the molecule is Cc1cc(C)c2c(NC(=O)c3ccco3)c(C(=O)N3CCOCC3)sc2n1. The van der Waals surface area contributed by atoms with E-state index in [1.807, 2.05) is 19.9 Å². The van der Waals surface area contributed by atoms with Crippen LogP contribution in [0.25, 0.3) is 10.2 Å². The Morgan fingerprint density at radius 1 is 1.26 bits per heavy atom. The van der Waals surface area contributed by atoms with Crippen molar-refractivity contribution in [3.05, 3.63) is 46.4 Å². The second kappa shape index (κ2) is 7.13. The van der Waals surface area contributed by atoms with E-state index in [4.69, 9.17) is 9.15 Å². The monoisotopic (exact) mass is 385 g/mol. The van der Waals surface area contributed by atoms with Crippen molar-refractivity contribution in [1.82, 2.24) is 9.88 Å². The number of rotatable bonds is 3. The van der Waals surface area contributed by atoms with Gasteiger partial charge >= 0.3 is 0 Å². The third-order valence-corrected chi connectivity index (χ3v) is 5.53. The molecule has 8 heteroatoms. The molecule has 0 spiro atoms. The molecule has 0 unspecified atom stereocenters. The molecule has 1 aliphatic rings. The van der Waals surface area contributed by atoms with Crippen LogP contribution in [0.5, 0.6) is 0 Å². The lowest BCUT2D eigenvalue weighted by Crippen LogP contribution is -2.40. The van der Waals surface area contributed by atoms with E-state index in [0.29, 0.717) is 36.9 Å². The van der Waals surface area contributed by atoms with E-state index >= 15 is 0 Å². The molecule has 1 aliphatic heterocycles. The number of anilines is 1. The quantitative estimate of drug-likeness (QED) is 0.748. The smallest absolute Gasteiger partial charge is 0.291 e. The number of hydrogen-bond acceptors (Lipinski definition) is 6. The van der Waals surface area contributed by atoms with Crippen molar-refractivity contribution in [2.75, 3.05) is 31.6 Å². The Hall–Kier alpha value is -2.71. The van der Waals surface area contributed by atoms with Crippen LogP contribution in [-0.4, -0.2) is 48.0 Å². The number of pyridine rings is 1. The summed E-state index contributed by atoms with van der Waals surface area (Å²) in [5, 5.41) is 3.67. The van der Waals surface area contributed by atoms with E-state index in [-0.39, 0.29) is 11.7 Å². The molecule has 3 aromatic heterocycles. The van der Waals surface area contributed by atoms with E-state index in [1.54, 1.807) is 17.0 Å². The summed E-state index contributed by atoms with van der Waals surface area (Å²) in [4.78, 5) is 33.2. The van der Waals surface area contributed by atoms with E-state index in [2.05, 4.69) is 10.3 Å². The van der Waals surface area contributed by atoms with Crippen molar-refractivity contribution in [2.24, 2.45) is 0 Å². The highest BCUT2D eigenvalue weighted by Gasteiger charge is 2.27. The average Bonchev–Trinajstić information content (AvgIpc) is 3.30. The predicted molar refractivity (Wildman–Crippen MR) is 102 cm³/mol. The van der Waals surface area contributed by atoms with Gasteiger partial charge in [0.25, 0.3) is 11.8 Å². The van der Waals surface area contributed by atoms with Gasteiger partial charge in [-0.2, -0.15) is 0 Å². The van der Waals surface area contributed by atoms with Crippen molar-refractivity contribution in [2.45, 2.75) is 13.8 Å². The Labute approximate surface area is 159 Å². The topological polar surface area (TPSA) is 84.7 Å². The minimum atomic E-state index is -0.393. The van der Waals surface area contributed by atoms with Gasteiger partial charge in [-0.25, -0.2) is 4.98 Å². The number of amides is 2. The van der Waals surface area contributed by atoms with E-state index in [9.17, 15) is 9.59 Å². The number of nitrogens with zero attached hydrogens (tertiary/aromatic N) is 2. The van der Waals surface area contributed by atoms with Crippen molar-refractivity contribution in [1.29, 1.82) is 0 Å². The summed E-state index contributed by atoms with van der Waals surface area (Å²) >= 11 is 1.30. The Balaban J connectivity index is 1.80. The normalized spacial score (nSPS) is 14.5. The molecule has 1 N–H and O–H groups in total. The number of morpholine rings is 1. The molecule has 3 aromatic rings. The maximum absolute atomic E-state index is 13.1. The molecule has 7 nitrogen and oxygen atoms in total. The largest absolute Gasteiger partial charge is 0.459 e. The number of hydrogen-bond donors (Lipinski definition) is 1. The maximum Gasteiger partial charge on any atom is 0.291 e. The summed E-state index contributed by atoms with van der Waals surface area (Å²) in [5.41, 5.74) is 2.33. The molecule has 1 fully saturated rings. The van der Waals surface area contributed by atoms with Crippen molar-refractivity contribution < 1.29 is 18.7 Å². The van der Waals surface area contributed by atoms with Gasteiger partial charge in [-0.15, -0.1) is 11.3 Å². The Bertz CT molecular complexity index is 1000. The van der Waals surface area contributed by atoms with Crippen LogP contribution in [0, 0.1) is 13.8 Å². The molecule has 0 aliphatic carbocycles. The van der Waals surface area contributed by atoms with Gasteiger partial charge in [0.1, 0.15) is 9.71 Å². The third kappa shape index (κ3) is 3.33. The number of carbonyl (C=O) groups excluding carboxylic acids is 2. The second-order valence-corrected chi connectivity index (χ2v) is 7.40. The fourth-order valence-corrected chi connectivity index (χ4v) is 4.42. The first-order valence-corrected chi connectivity index (χ1v) is 9.49. The van der Waals surface area contributed by atoms with Crippen LogP contribution < -0.4 is 5.32 Å². The van der Waals surface area contributed by atoms with Crippen LogP contribution in [0.3, 0.4) is 0 Å². The lowest BCUT2D eigenvalue weighted by molar-refractivity contribution is 0.0307. The molecule has 0 bridgehead atoms. The van der Waals surface area contributed by atoms with Gasteiger partial charge < -0.3 is 19.4 Å². The number of thiophene rings is 1. The van der Waals surface area contributed by atoms with Gasteiger partial charge in [0.2, 0.25) is 0 Å². The average molecular weight is 385 g/mol. The number of fused-ring (bicyclic) bond motifs is 1. The van der Waals surface area contributed by atoms with Crippen LogP contribution in [0.15, 0.2) is 28.9 Å². The predicted octanol–water partition coefficient (Wildman–Crippen LogP) is 3.23. The first kappa shape index (κ1) is 17.7. The molecular weight excluding hydrogens is 366 g/mol. The lowest BCUT2D eigenvalue weighted by Gasteiger charge is -2.26. The fourth-order valence-electron chi connectivity index (χ4n) is 3.20. The first-order valence-electron chi connectivity index (χ1n) is 8.67. The zero-order valence-electron chi connectivity index (χ0n) is 15.1. The zero-order chi connectivity index (χ0) is 19.0. The Kier molecular flexibility index (Phi) is 4.67. The maximum atomic E-state index is 13.1.